The van der Waals surface area contributed by atoms with Crippen LogP contribution in [-0.2, 0) is 11.3 Å². The summed E-state index contributed by atoms with van der Waals surface area (Å²) in [6.07, 6.45) is 0. The standard InChI is InChI=1S/C19H31N3O4S2/c1-5-28-20-15(13-27)19(23)22-10-8-21(9-11-22)12-14-6-7-16(24-2)18(26-4)17(14)25-3/h6-7,15,20,27H,5,8-13H2,1-4H3/t15-/m0/s1. The van der Waals surface area contributed by atoms with Crippen molar-refractivity contribution in [2.75, 3.05) is 59.0 Å². The molecule has 1 aliphatic heterocycles. The summed E-state index contributed by atoms with van der Waals surface area (Å²) in [6, 6.07) is 3.65. The van der Waals surface area contributed by atoms with E-state index in [2.05, 4.69) is 29.2 Å². The minimum absolute atomic E-state index is 0.124. The van der Waals surface area contributed by atoms with Gasteiger partial charge in [0.15, 0.2) is 11.5 Å². The first-order valence-corrected chi connectivity index (χ1v) is 11.0. The first-order valence-electron chi connectivity index (χ1n) is 9.36. The Kier molecular flexibility index (Phi) is 9.57. The van der Waals surface area contributed by atoms with Crippen molar-refractivity contribution in [2.45, 2.75) is 19.5 Å². The molecule has 1 N–H and O–H groups in total. The molecule has 9 heteroatoms. The molecule has 1 heterocycles. The topological polar surface area (TPSA) is 63.3 Å². The van der Waals surface area contributed by atoms with Crippen molar-refractivity contribution in [3.63, 3.8) is 0 Å². The van der Waals surface area contributed by atoms with Crippen LogP contribution in [-0.4, -0.2) is 80.8 Å². The number of piperazine rings is 1. The van der Waals surface area contributed by atoms with E-state index in [9.17, 15) is 4.79 Å². The highest BCUT2D eigenvalue weighted by Gasteiger charge is 2.27. The molecule has 1 aliphatic rings. The van der Waals surface area contributed by atoms with Gasteiger partial charge in [-0.15, -0.1) is 0 Å². The average molecular weight is 430 g/mol. The maximum absolute atomic E-state index is 12.7. The molecule has 158 valence electrons. The summed E-state index contributed by atoms with van der Waals surface area (Å²) >= 11 is 5.87. The molecule has 0 aliphatic carbocycles. The Hall–Kier alpha value is -1.29. The molecule has 1 fully saturated rings. The maximum atomic E-state index is 12.7. The SMILES string of the molecule is CCSN[C@@H](CS)C(=O)N1CCN(Cc2ccc(OC)c(OC)c2OC)CC1. The second-order valence-electron chi connectivity index (χ2n) is 6.38. The number of thiol groups is 1. The number of benzene rings is 1. The molecule has 28 heavy (non-hydrogen) atoms. The third-order valence-corrected chi connectivity index (χ3v) is 5.82. The Balaban J connectivity index is 1.98. The van der Waals surface area contributed by atoms with Crippen LogP contribution in [0.25, 0.3) is 0 Å². The minimum Gasteiger partial charge on any atom is -0.493 e. The molecule has 0 aromatic heterocycles. The lowest BCUT2D eigenvalue weighted by Crippen LogP contribution is -2.53. The Labute approximate surface area is 177 Å². The van der Waals surface area contributed by atoms with E-state index in [1.807, 2.05) is 17.0 Å². The van der Waals surface area contributed by atoms with Gasteiger partial charge in [0.2, 0.25) is 11.7 Å². The predicted molar refractivity (Wildman–Crippen MR) is 117 cm³/mol. The van der Waals surface area contributed by atoms with Crippen LogP contribution in [0.1, 0.15) is 12.5 Å². The molecule has 0 unspecified atom stereocenters. The summed E-state index contributed by atoms with van der Waals surface area (Å²) in [7, 11) is 4.85. The number of carbonyl (C=O) groups excluding carboxylic acids is 1. The Morgan fingerprint density at radius 1 is 1.14 bits per heavy atom. The van der Waals surface area contributed by atoms with Crippen molar-refractivity contribution < 1.29 is 19.0 Å². The molecular formula is C19H31N3O4S2. The number of ether oxygens (including phenoxy) is 3. The normalized spacial score (nSPS) is 16.0. The molecule has 1 atom stereocenters. The van der Waals surface area contributed by atoms with Gasteiger partial charge in [0.1, 0.15) is 6.04 Å². The zero-order valence-electron chi connectivity index (χ0n) is 17.1. The fourth-order valence-electron chi connectivity index (χ4n) is 3.23. The van der Waals surface area contributed by atoms with Crippen LogP contribution in [0.2, 0.25) is 0 Å². The minimum atomic E-state index is -0.245. The quantitative estimate of drug-likeness (QED) is 0.435. The number of nitrogens with one attached hydrogen (secondary N) is 1. The van der Waals surface area contributed by atoms with Gasteiger partial charge < -0.3 is 19.1 Å². The van der Waals surface area contributed by atoms with E-state index < -0.39 is 0 Å². The van der Waals surface area contributed by atoms with Gasteiger partial charge in [0.25, 0.3) is 0 Å². The van der Waals surface area contributed by atoms with Crippen LogP contribution in [0.15, 0.2) is 12.1 Å². The summed E-state index contributed by atoms with van der Waals surface area (Å²) in [5, 5.41) is 0. The number of nitrogens with zero attached hydrogens (tertiary/aromatic N) is 2. The molecule has 7 nitrogen and oxygen atoms in total. The van der Waals surface area contributed by atoms with Gasteiger partial charge in [-0.05, 0) is 6.07 Å². The highest BCUT2D eigenvalue weighted by Crippen LogP contribution is 2.40. The van der Waals surface area contributed by atoms with Gasteiger partial charge in [-0.25, -0.2) is 0 Å². The molecule has 1 saturated heterocycles. The van der Waals surface area contributed by atoms with Crippen molar-refractivity contribution in [2.24, 2.45) is 0 Å². The summed E-state index contributed by atoms with van der Waals surface area (Å²) in [6.45, 7) is 5.81. The van der Waals surface area contributed by atoms with E-state index in [0.29, 0.717) is 36.1 Å². The Morgan fingerprint density at radius 2 is 1.82 bits per heavy atom. The second-order valence-corrected chi connectivity index (χ2v) is 7.85. The average Bonchev–Trinajstić information content (AvgIpc) is 2.74. The van der Waals surface area contributed by atoms with Crippen LogP contribution < -0.4 is 18.9 Å². The summed E-state index contributed by atoms with van der Waals surface area (Å²) in [4.78, 5) is 16.9. The zero-order valence-corrected chi connectivity index (χ0v) is 18.8. The molecule has 1 aromatic rings. The van der Waals surface area contributed by atoms with E-state index in [1.165, 1.54) is 0 Å². The molecule has 0 bridgehead atoms. The first-order chi connectivity index (χ1) is 13.6. The van der Waals surface area contributed by atoms with E-state index >= 15 is 0 Å². The van der Waals surface area contributed by atoms with Crippen LogP contribution in [0, 0.1) is 0 Å². The summed E-state index contributed by atoms with van der Waals surface area (Å²) in [5.41, 5.74) is 1.04. The number of rotatable bonds is 10. The van der Waals surface area contributed by atoms with E-state index in [-0.39, 0.29) is 11.9 Å². The molecule has 1 amide bonds. The number of hydrogen-bond donors (Lipinski definition) is 2. The molecule has 2 rings (SSSR count). The number of hydrogen-bond acceptors (Lipinski definition) is 8. The van der Waals surface area contributed by atoms with Crippen molar-refractivity contribution >= 4 is 30.5 Å². The molecular weight excluding hydrogens is 398 g/mol. The van der Waals surface area contributed by atoms with E-state index in [0.717, 1.165) is 31.0 Å². The Bertz CT molecular complexity index is 640. The maximum Gasteiger partial charge on any atom is 0.241 e. The van der Waals surface area contributed by atoms with Crippen LogP contribution in [0.5, 0.6) is 17.2 Å². The third-order valence-electron chi connectivity index (χ3n) is 4.71. The second kappa shape index (κ2) is 11.6. The first kappa shape index (κ1) is 23.0. The van der Waals surface area contributed by atoms with E-state index in [4.69, 9.17) is 14.2 Å². The number of amides is 1. The van der Waals surface area contributed by atoms with Gasteiger partial charge in [0.05, 0.1) is 21.3 Å². The van der Waals surface area contributed by atoms with Crippen molar-refractivity contribution in [3.05, 3.63) is 17.7 Å². The van der Waals surface area contributed by atoms with E-state index in [1.54, 1.807) is 33.3 Å². The van der Waals surface area contributed by atoms with Gasteiger partial charge in [0, 0.05) is 49.8 Å². The van der Waals surface area contributed by atoms with Gasteiger partial charge in [-0.1, -0.05) is 24.9 Å². The highest BCUT2D eigenvalue weighted by atomic mass is 32.2. The van der Waals surface area contributed by atoms with Crippen LogP contribution in [0.4, 0.5) is 0 Å². The smallest absolute Gasteiger partial charge is 0.241 e. The van der Waals surface area contributed by atoms with Crippen LogP contribution >= 0.6 is 24.6 Å². The largest absolute Gasteiger partial charge is 0.493 e. The zero-order chi connectivity index (χ0) is 20.5. The lowest BCUT2D eigenvalue weighted by molar-refractivity contribution is -0.134. The third kappa shape index (κ3) is 5.62. The van der Waals surface area contributed by atoms with Crippen molar-refractivity contribution in [1.29, 1.82) is 0 Å². The predicted octanol–water partition coefficient (Wildman–Crippen LogP) is 1.91. The monoisotopic (exact) mass is 429 g/mol. The van der Waals surface area contributed by atoms with Gasteiger partial charge in [-0.2, -0.15) is 12.6 Å². The molecule has 0 spiro atoms. The van der Waals surface area contributed by atoms with Crippen molar-refractivity contribution in [3.8, 4) is 17.2 Å². The van der Waals surface area contributed by atoms with Crippen LogP contribution in [0.3, 0.4) is 0 Å². The Morgan fingerprint density at radius 3 is 2.36 bits per heavy atom. The fourth-order valence-corrected chi connectivity index (χ4v) is 4.15. The van der Waals surface area contributed by atoms with Gasteiger partial charge >= 0.3 is 0 Å². The number of methoxy groups -OCH3 is 3. The van der Waals surface area contributed by atoms with Crippen molar-refractivity contribution in [1.82, 2.24) is 14.5 Å². The molecule has 0 saturated carbocycles. The summed E-state index contributed by atoms with van der Waals surface area (Å²) in [5.74, 6) is 3.48. The fraction of sp³-hybridized carbons (Fsp3) is 0.632. The molecule has 0 radical (unpaired) electrons. The molecule has 1 aromatic carbocycles. The lowest BCUT2D eigenvalue weighted by Gasteiger charge is -2.36. The van der Waals surface area contributed by atoms with Gasteiger partial charge in [-0.3, -0.25) is 14.4 Å². The highest BCUT2D eigenvalue weighted by molar-refractivity contribution is 7.97. The lowest BCUT2D eigenvalue weighted by atomic mass is 10.1. The number of carbonyl (C=O) groups is 1. The summed E-state index contributed by atoms with van der Waals surface area (Å²) < 4.78 is 19.6.